The smallest absolute Gasteiger partial charge is 0.143 e. The van der Waals surface area contributed by atoms with E-state index in [1.54, 1.807) is 18.2 Å². The molecular formula is C11H14ClNO. The van der Waals surface area contributed by atoms with Gasteiger partial charge in [0, 0.05) is 11.1 Å². The number of ether oxygens (including phenoxy) is 1. The highest BCUT2D eigenvalue weighted by molar-refractivity contribution is 6.30. The summed E-state index contributed by atoms with van der Waals surface area (Å²) in [6, 6.07) is 5.32. The van der Waals surface area contributed by atoms with Crippen molar-refractivity contribution in [3.63, 3.8) is 0 Å². The lowest BCUT2D eigenvalue weighted by Crippen LogP contribution is -2.19. The number of nitrogen functional groups attached to an aromatic ring is 1. The van der Waals surface area contributed by atoms with Crippen LogP contribution in [0, 0.1) is 5.92 Å². The largest absolute Gasteiger partial charge is 0.491 e. The molecule has 0 heterocycles. The van der Waals surface area contributed by atoms with Crippen LogP contribution in [-0.4, -0.2) is 6.61 Å². The molecule has 1 aromatic carbocycles. The van der Waals surface area contributed by atoms with Crippen molar-refractivity contribution in [3.05, 3.63) is 23.2 Å². The van der Waals surface area contributed by atoms with Crippen molar-refractivity contribution in [2.24, 2.45) is 5.92 Å². The zero-order valence-corrected chi connectivity index (χ0v) is 8.76. The van der Waals surface area contributed by atoms with Gasteiger partial charge in [0.05, 0.1) is 12.3 Å². The third-order valence-electron chi connectivity index (χ3n) is 2.67. The Kier molecular flexibility index (Phi) is 2.82. The van der Waals surface area contributed by atoms with E-state index in [0.29, 0.717) is 22.4 Å². The maximum Gasteiger partial charge on any atom is 0.143 e. The second kappa shape index (κ2) is 4.09. The molecule has 0 aromatic heterocycles. The van der Waals surface area contributed by atoms with Gasteiger partial charge in [-0.25, -0.2) is 0 Å². The Labute approximate surface area is 89.0 Å². The molecule has 0 bridgehead atoms. The highest BCUT2D eigenvalue weighted by Gasteiger charge is 2.18. The van der Waals surface area contributed by atoms with Gasteiger partial charge >= 0.3 is 0 Å². The summed E-state index contributed by atoms with van der Waals surface area (Å²) in [5.41, 5.74) is 6.41. The predicted molar refractivity (Wildman–Crippen MR) is 58.7 cm³/mol. The van der Waals surface area contributed by atoms with Crippen LogP contribution in [-0.2, 0) is 0 Å². The van der Waals surface area contributed by atoms with Crippen LogP contribution in [0.5, 0.6) is 5.75 Å². The molecule has 76 valence electrons. The van der Waals surface area contributed by atoms with Gasteiger partial charge in [0.25, 0.3) is 0 Å². The number of nitrogens with two attached hydrogens (primary N) is 1. The van der Waals surface area contributed by atoms with E-state index in [-0.39, 0.29) is 0 Å². The van der Waals surface area contributed by atoms with Gasteiger partial charge in [-0.2, -0.15) is 0 Å². The summed E-state index contributed by atoms with van der Waals surface area (Å²) in [6.45, 7) is 0.768. The number of benzene rings is 1. The van der Waals surface area contributed by atoms with Gasteiger partial charge in [-0.15, -0.1) is 0 Å². The quantitative estimate of drug-likeness (QED) is 0.780. The Morgan fingerprint density at radius 2 is 2.21 bits per heavy atom. The summed E-state index contributed by atoms with van der Waals surface area (Å²) in [5, 5.41) is 0.669. The van der Waals surface area contributed by atoms with Crippen molar-refractivity contribution in [1.82, 2.24) is 0 Å². The molecule has 0 amide bonds. The van der Waals surface area contributed by atoms with E-state index >= 15 is 0 Å². The Bertz CT molecular complexity index is 323. The first-order valence-corrected chi connectivity index (χ1v) is 5.31. The minimum absolute atomic E-state index is 0.661. The van der Waals surface area contributed by atoms with E-state index in [0.717, 1.165) is 6.61 Å². The average molecular weight is 212 g/mol. The molecule has 0 unspecified atom stereocenters. The standard InChI is InChI=1S/C11H14ClNO/c12-9-4-5-10(13)11(6-9)14-7-8-2-1-3-8/h4-6,8H,1-3,7,13H2. The monoisotopic (exact) mass is 211 g/mol. The van der Waals surface area contributed by atoms with Crippen LogP contribution in [0.1, 0.15) is 19.3 Å². The Morgan fingerprint density at radius 1 is 1.43 bits per heavy atom. The van der Waals surface area contributed by atoms with Crippen LogP contribution < -0.4 is 10.5 Å². The first-order valence-electron chi connectivity index (χ1n) is 4.93. The molecule has 1 fully saturated rings. The van der Waals surface area contributed by atoms with E-state index in [9.17, 15) is 0 Å². The summed E-state index contributed by atoms with van der Waals surface area (Å²) in [6.07, 6.45) is 3.89. The second-order valence-corrected chi connectivity index (χ2v) is 4.23. The first kappa shape index (κ1) is 9.66. The predicted octanol–water partition coefficient (Wildman–Crippen LogP) is 3.10. The molecular weight excluding hydrogens is 198 g/mol. The van der Waals surface area contributed by atoms with E-state index in [1.807, 2.05) is 0 Å². The van der Waals surface area contributed by atoms with Gasteiger partial charge in [0.2, 0.25) is 0 Å². The Morgan fingerprint density at radius 3 is 2.86 bits per heavy atom. The third-order valence-corrected chi connectivity index (χ3v) is 2.91. The van der Waals surface area contributed by atoms with Crippen LogP contribution in [0.15, 0.2) is 18.2 Å². The zero-order chi connectivity index (χ0) is 9.97. The average Bonchev–Trinajstić information content (AvgIpc) is 2.08. The number of rotatable bonds is 3. The maximum atomic E-state index is 5.84. The normalized spacial score (nSPS) is 16.4. The topological polar surface area (TPSA) is 35.2 Å². The van der Waals surface area contributed by atoms with Crippen molar-refractivity contribution in [1.29, 1.82) is 0 Å². The Hall–Kier alpha value is -0.890. The molecule has 0 aliphatic heterocycles. The molecule has 1 aliphatic rings. The highest BCUT2D eigenvalue weighted by atomic mass is 35.5. The molecule has 0 radical (unpaired) electrons. The van der Waals surface area contributed by atoms with Crippen molar-refractivity contribution in [3.8, 4) is 5.75 Å². The molecule has 1 aliphatic carbocycles. The fourth-order valence-electron chi connectivity index (χ4n) is 1.50. The van der Waals surface area contributed by atoms with Crippen LogP contribution >= 0.6 is 11.6 Å². The molecule has 0 spiro atoms. The summed E-state index contributed by atoms with van der Waals surface area (Å²) in [4.78, 5) is 0. The number of hydrogen-bond donors (Lipinski definition) is 1. The SMILES string of the molecule is Nc1ccc(Cl)cc1OCC1CCC1. The highest BCUT2D eigenvalue weighted by Crippen LogP contribution is 2.30. The van der Waals surface area contributed by atoms with E-state index in [4.69, 9.17) is 22.1 Å². The van der Waals surface area contributed by atoms with Gasteiger partial charge in [0.1, 0.15) is 5.75 Å². The van der Waals surface area contributed by atoms with E-state index in [1.165, 1.54) is 19.3 Å². The minimum atomic E-state index is 0.661. The summed E-state index contributed by atoms with van der Waals surface area (Å²) >= 11 is 5.84. The fraction of sp³-hybridized carbons (Fsp3) is 0.455. The van der Waals surface area contributed by atoms with E-state index in [2.05, 4.69) is 0 Å². The lowest BCUT2D eigenvalue weighted by molar-refractivity contribution is 0.181. The summed E-state index contributed by atoms with van der Waals surface area (Å²) < 4.78 is 5.61. The van der Waals surface area contributed by atoms with Gasteiger partial charge in [-0.3, -0.25) is 0 Å². The van der Waals surface area contributed by atoms with Gasteiger partial charge in [-0.1, -0.05) is 18.0 Å². The Balaban J connectivity index is 1.96. The molecule has 2 rings (SSSR count). The fourth-order valence-corrected chi connectivity index (χ4v) is 1.66. The minimum Gasteiger partial charge on any atom is -0.491 e. The van der Waals surface area contributed by atoms with Crippen molar-refractivity contribution >= 4 is 17.3 Å². The zero-order valence-electron chi connectivity index (χ0n) is 8.00. The van der Waals surface area contributed by atoms with Crippen molar-refractivity contribution in [2.45, 2.75) is 19.3 Å². The third kappa shape index (κ3) is 2.13. The molecule has 0 atom stereocenters. The number of halogens is 1. The molecule has 14 heavy (non-hydrogen) atoms. The van der Waals surface area contributed by atoms with Gasteiger partial charge < -0.3 is 10.5 Å². The molecule has 1 saturated carbocycles. The molecule has 3 heteroatoms. The van der Waals surface area contributed by atoms with Crippen LogP contribution in [0.2, 0.25) is 5.02 Å². The maximum absolute atomic E-state index is 5.84. The van der Waals surface area contributed by atoms with Crippen molar-refractivity contribution in [2.75, 3.05) is 12.3 Å². The van der Waals surface area contributed by atoms with Crippen LogP contribution in [0.4, 0.5) is 5.69 Å². The van der Waals surface area contributed by atoms with Gasteiger partial charge in [0.15, 0.2) is 0 Å². The molecule has 0 saturated heterocycles. The number of hydrogen-bond acceptors (Lipinski definition) is 2. The number of anilines is 1. The van der Waals surface area contributed by atoms with Gasteiger partial charge in [-0.05, 0) is 30.9 Å². The van der Waals surface area contributed by atoms with Crippen LogP contribution in [0.3, 0.4) is 0 Å². The van der Waals surface area contributed by atoms with Crippen molar-refractivity contribution < 1.29 is 4.74 Å². The lowest BCUT2D eigenvalue weighted by Gasteiger charge is -2.25. The molecule has 1 aromatic rings. The molecule has 2 N–H and O–H groups in total. The summed E-state index contributed by atoms with van der Waals surface area (Å²) in [5.74, 6) is 1.43. The first-order chi connectivity index (χ1) is 6.75. The second-order valence-electron chi connectivity index (χ2n) is 3.79. The molecule has 2 nitrogen and oxygen atoms in total. The summed E-state index contributed by atoms with van der Waals surface area (Å²) in [7, 11) is 0. The van der Waals surface area contributed by atoms with E-state index < -0.39 is 0 Å². The van der Waals surface area contributed by atoms with Crippen LogP contribution in [0.25, 0.3) is 0 Å². The lowest BCUT2D eigenvalue weighted by atomic mass is 9.86.